The second kappa shape index (κ2) is 16.7. The Morgan fingerprint density at radius 1 is 1.00 bits per heavy atom. The molecule has 2 unspecified atom stereocenters. The number of nitrogens with one attached hydrogen (secondary N) is 2. The van der Waals surface area contributed by atoms with E-state index in [-0.39, 0.29) is 67.8 Å². The van der Waals surface area contributed by atoms with Gasteiger partial charge in [0.1, 0.15) is 13.2 Å². The molecule has 12 heteroatoms. The molecule has 0 radical (unpaired) electrons. The Bertz CT molecular complexity index is 1450. The molecule has 2 heterocycles. The van der Waals surface area contributed by atoms with Gasteiger partial charge in [0.05, 0.1) is 21.5 Å². The highest BCUT2D eigenvalue weighted by Crippen LogP contribution is 2.34. The number of hydrogen-bond donors (Lipinski definition) is 2. The van der Waals surface area contributed by atoms with Gasteiger partial charge in [0.15, 0.2) is 5.75 Å². The van der Waals surface area contributed by atoms with Gasteiger partial charge in [0, 0.05) is 37.4 Å². The van der Waals surface area contributed by atoms with E-state index in [9.17, 15) is 9.59 Å². The number of nitrogens with zero attached hydrogens (tertiary/aromatic N) is 2. The molecule has 1 aliphatic heterocycles. The highest BCUT2D eigenvalue weighted by molar-refractivity contribution is 6.37. The topological polar surface area (TPSA) is 92.8 Å². The van der Waals surface area contributed by atoms with E-state index in [1.807, 2.05) is 17.9 Å². The molecule has 3 aromatic rings. The molecule has 1 aromatic heterocycles. The summed E-state index contributed by atoms with van der Waals surface area (Å²) in [6, 6.07) is 13.1. The third-order valence-electron chi connectivity index (χ3n) is 8.16. The predicted octanol–water partition coefficient (Wildman–Crippen LogP) is 6.51. The van der Waals surface area contributed by atoms with Crippen LogP contribution in [-0.4, -0.2) is 60.1 Å². The Hall–Kier alpha value is -2.75. The number of amides is 2. The summed E-state index contributed by atoms with van der Waals surface area (Å²) in [5.41, 5.74) is 4.97. The van der Waals surface area contributed by atoms with Crippen molar-refractivity contribution in [3.8, 4) is 11.6 Å². The first-order valence-corrected chi connectivity index (χ1v) is 15.5. The van der Waals surface area contributed by atoms with Gasteiger partial charge in [0.2, 0.25) is 11.8 Å². The van der Waals surface area contributed by atoms with Crippen molar-refractivity contribution < 1.29 is 19.1 Å². The summed E-state index contributed by atoms with van der Waals surface area (Å²) >= 11 is 12.4. The molecule has 1 aliphatic carbocycles. The van der Waals surface area contributed by atoms with E-state index in [1.165, 1.54) is 22.9 Å². The zero-order valence-electron chi connectivity index (χ0n) is 25.6. The molecule has 45 heavy (non-hydrogen) atoms. The van der Waals surface area contributed by atoms with Crippen molar-refractivity contribution in [1.82, 2.24) is 20.5 Å². The average Bonchev–Trinajstić information content (AvgIpc) is 3.83. The van der Waals surface area contributed by atoms with Gasteiger partial charge >= 0.3 is 0 Å². The van der Waals surface area contributed by atoms with E-state index in [4.69, 9.17) is 32.7 Å². The minimum atomic E-state index is -0.338. The number of benzene rings is 2. The fraction of sp³-hybridized carbons (Fsp3) is 0.424. The smallest absolute Gasteiger partial charge is 0.253 e. The predicted molar refractivity (Wildman–Crippen MR) is 183 cm³/mol. The van der Waals surface area contributed by atoms with Gasteiger partial charge in [-0.15, -0.1) is 24.8 Å². The van der Waals surface area contributed by atoms with Crippen LogP contribution in [0.5, 0.6) is 11.6 Å². The second-order valence-corrected chi connectivity index (χ2v) is 12.2. The molecule has 0 bridgehead atoms. The Labute approximate surface area is 287 Å². The van der Waals surface area contributed by atoms with Gasteiger partial charge in [-0.1, -0.05) is 41.4 Å². The first-order chi connectivity index (χ1) is 20.7. The Kier molecular flexibility index (Phi) is 13.6. The number of pyridine rings is 1. The third kappa shape index (κ3) is 9.39. The zero-order valence-corrected chi connectivity index (χ0v) is 28.8. The number of carbonyl (C=O) groups excluding carboxylic acids is 2. The molecule has 1 saturated carbocycles. The van der Waals surface area contributed by atoms with Gasteiger partial charge in [-0.05, 0) is 87.0 Å². The summed E-state index contributed by atoms with van der Waals surface area (Å²) in [6.45, 7) is 8.42. The maximum absolute atomic E-state index is 13.9. The zero-order chi connectivity index (χ0) is 30.5. The van der Waals surface area contributed by atoms with E-state index >= 15 is 0 Å². The fourth-order valence-corrected chi connectivity index (χ4v) is 6.12. The Morgan fingerprint density at radius 2 is 1.71 bits per heavy atom. The van der Waals surface area contributed by atoms with Crippen LogP contribution in [0.15, 0.2) is 48.7 Å². The molecule has 2 N–H and O–H groups in total. The lowest BCUT2D eigenvalue weighted by atomic mass is 9.91. The lowest BCUT2D eigenvalue weighted by molar-refractivity contribution is -0.138. The number of rotatable bonds is 11. The standard InChI is InChI=1S/C33H38Cl2N4O4.2ClH/c1-20-15-27(34)31(28(35)16-20)43-14-13-42-30-10-7-23(17-37-30)32(40)38-29-11-12-36-18-26(29)33(41)39(25-8-9-25)19-24-6-4-5-21(2)22(24)3;;/h4-7,10,15-17,25-26,29,36H,8-9,11-14,18-19H2,1-3H3,(H,38,40);2*1H. The van der Waals surface area contributed by atoms with Crippen LogP contribution in [0.2, 0.25) is 10.0 Å². The largest absolute Gasteiger partial charge is 0.487 e. The van der Waals surface area contributed by atoms with Crippen LogP contribution in [0.25, 0.3) is 0 Å². The number of ether oxygens (including phenoxy) is 2. The van der Waals surface area contributed by atoms with Crippen LogP contribution in [0.3, 0.4) is 0 Å². The highest BCUT2D eigenvalue weighted by atomic mass is 35.5. The number of piperidine rings is 1. The second-order valence-electron chi connectivity index (χ2n) is 11.4. The minimum Gasteiger partial charge on any atom is -0.487 e. The summed E-state index contributed by atoms with van der Waals surface area (Å²) in [6.07, 6.45) is 4.20. The van der Waals surface area contributed by atoms with Crippen molar-refractivity contribution in [3.63, 3.8) is 0 Å². The molecule has 2 aliphatic rings. The summed E-state index contributed by atoms with van der Waals surface area (Å²) < 4.78 is 11.4. The number of carbonyl (C=O) groups is 2. The first kappa shape index (κ1) is 36.7. The van der Waals surface area contributed by atoms with Crippen molar-refractivity contribution in [1.29, 1.82) is 0 Å². The quantitative estimate of drug-likeness (QED) is 0.222. The molecular formula is C33H40Cl4N4O4. The van der Waals surface area contributed by atoms with E-state index in [1.54, 1.807) is 24.3 Å². The van der Waals surface area contributed by atoms with Gasteiger partial charge in [-0.3, -0.25) is 9.59 Å². The Morgan fingerprint density at radius 3 is 2.38 bits per heavy atom. The van der Waals surface area contributed by atoms with Crippen LogP contribution in [0.4, 0.5) is 0 Å². The molecule has 2 fully saturated rings. The van der Waals surface area contributed by atoms with Gasteiger partial charge in [0.25, 0.3) is 5.91 Å². The van der Waals surface area contributed by atoms with Crippen molar-refractivity contribution in [2.75, 3.05) is 26.3 Å². The maximum atomic E-state index is 13.9. The normalized spacial score (nSPS) is 17.4. The summed E-state index contributed by atoms with van der Waals surface area (Å²) in [7, 11) is 0. The first-order valence-electron chi connectivity index (χ1n) is 14.8. The van der Waals surface area contributed by atoms with E-state index in [2.05, 4.69) is 41.6 Å². The van der Waals surface area contributed by atoms with E-state index in [0.29, 0.717) is 46.7 Å². The number of hydrogen-bond acceptors (Lipinski definition) is 6. The van der Waals surface area contributed by atoms with Gasteiger partial charge in [-0.25, -0.2) is 4.98 Å². The molecule has 2 aromatic carbocycles. The molecule has 1 saturated heterocycles. The van der Waals surface area contributed by atoms with Crippen molar-refractivity contribution in [2.45, 2.75) is 58.7 Å². The minimum absolute atomic E-state index is 0. The van der Waals surface area contributed by atoms with Crippen LogP contribution in [0, 0.1) is 26.7 Å². The van der Waals surface area contributed by atoms with Crippen LogP contribution in [0.1, 0.15) is 51.9 Å². The van der Waals surface area contributed by atoms with E-state index < -0.39 is 0 Å². The lowest BCUT2D eigenvalue weighted by Gasteiger charge is -2.36. The summed E-state index contributed by atoms with van der Waals surface area (Å²) in [4.78, 5) is 33.4. The lowest BCUT2D eigenvalue weighted by Crippen LogP contribution is -2.55. The average molecular weight is 699 g/mol. The third-order valence-corrected chi connectivity index (χ3v) is 8.73. The molecule has 2 amide bonds. The number of aromatic nitrogens is 1. The van der Waals surface area contributed by atoms with E-state index in [0.717, 1.165) is 24.9 Å². The van der Waals surface area contributed by atoms with Crippen molar-refractivity contribution >= 4 is 59.8 Å². The molecular weight excluding hydrogens is 658 g/mol. The number of aryl methyl sites for hydroxylation is 2. The maximum Gasteiger partial charge on any atom is 0.253 e. The SMILES string of the molecule is Cc1cc(Cl)c(OCCOc2ccc(C(=O)NC3CCNCC3C(=O)N(Cc3cccc(C)c3C)C3CC3)cn2)c(Cl)c1.Cl.Cl. The van der Waals surface area contributed by atoms with Crippen LogP contribution < -0.4 is 20.1 Å². The molecule has 2 atom stereocenters. The van der Waals surface area contributed by atoms with Crippen molar-refractivity contribution in [2.24, 2.45) is 5.92 Å². The fourth-order valence-electron chi connectivity index (χ4n) is 5.41. The monoisotopic (exact) mass is 696 g/mol. The molecule has 0 spiro atoms. The van der Waals surface area contributed by atoms with Gasteiger partial charge in [-0.2, -0.15) is 0 Å². The summed E-state index contributed by atoms with van der Waals surface area (Å²) in [5, 5.41) is 7.36. The molecule has 5 rings (SSSR count). The Balaban J connectivity index is 0.00000276. The van der Waals surface area contributed by atoms with Crippen LogP contribution in [-0.2, 0) is 11.3 Å². The molecule has 244 valence electrons. The summed E-state index contributed by atoms with van der Waals surface area (Å²) in [5.74, 6) is 0.274. The molecule has 8 nitrogen and oxygen atoms in total. The van der Waals surface area contributed by atoms with Crippen LogP contribution >= 0.6 is 48.0 Å². The van der Waals surface area contributed by atoms with Gasteiger partial charge < -0.3 is 25.0 Å². The number of halogens is 4. The highest BCUT2D eigenvalue weighted by Gasteiger charge is 2.40. The van der Waals surface area contributed by atoms with Crippen molar-refractivity contribution in [3.05, 3.63) is 86.5 Å².